The van der Waals surface area contributed by atoms with E-state index < -0.39 is 11.9 Å². The van der Waals surface area contributed by atoms with E-state index in [1.807, 2.05) is 0 Å². The summed E-state index contributed by atoms with van der Waals surface area (Å²) in [6.07, 6.45) is 0. The van der Waals surface area contributed by atoms with Crippen molar-refractivity contribution in [3.8, 4) is 28.0 Å². The second kappa shape index (κ2) is 6.60. The number of hydrogen-bond acceptors (Lipinski definition) is 4. The second-order valence-electron chi connectivity index (χ2n) is 5.73. The highest BCUT2D eigenvalue weighted by molar-refractivity contribution is 5.92. The molecule has 0 amide bonds. The normalized spacial score (nSPS) is 10.5. The zero-order valence-corrected chi connectivity index (χ0v) is 13.5. The van der Waals surface area contributed by atoms with Crippen LogP contribution < -0.4 is 5.73 Å². The van der Waals surface area contributed by atoms with E-state index in [9.17, 15) is 14.7 Å². The SMILES string of the molecule is Nc1cc(-c2cccc(C(=O)O)c2)cc(-c2cccc(C(=O)O)c2)c1O. The molecule has 26 heavy (non-hydrogen) atoms. The number of carbonyl (C=O) groups is 2. The highest BCUT2D eigenvalue weighted by atomic mass is 16.4. The minimum Gasteiger partial charge on any atom is -0.505 e. The molecule has 3 rings (SSSR count). The number of aromatic carboxylic acids is 2. The number of nitrogens with two attached hydrogens (primary N) is 1. The number of phenolic OH excluding ortho intramolecular Hbond substituents is 1. The molecule has 0 spiro atoms. The van der Waals surface area contributed by atoms with Gasteiger partial charge < -0.3 is 21.1 Å². The summed E-state index contributed by atoms with van der Waals surface area (Å²) in [5, 5.41) is 28.6. The monoisotopic (exact) mass is 349 g/mol. The summed E-state index contributed by atoms with van der Waals surface area (Å²) in [5.74, 6) is -2.29. The van der Waals surface area contributed by atoms with Crippen LogP contribution in [0.4, 0.5) is 5.69 Å². The summed E-state index contributed by atoms with van der Waals surface area (Å²) in [5.41, 5.74) is 8.31. The molecule has 0 saturated carbocycles. The number of carboxylic acids is 2. The summed E-state index contributed by atoms with van der Waals surface area (Å²) in [6, 6.07) is 15.7. The van der Waals surface area contributed by atoms with Crippen LogP contribution in [-0.2, 0) is 0 Å². The van der Waals surface area contributed by atoms with Gasteiger partial charge >= 0.3 is 11.9 Å². The average molecular weight is 349 g/mol. The number of phenols is 1. The van der Waals surface area contributed by atoms with Crippen LogP contribution in [-0.4, -0.2) is 27.3 Å². The van der Waals surface area contributed by atoms with Gasteiger partial charge in [-0.15, -0.1) is 0 Å². The first-order chi connectivity index (χ1) is 12.4. The second-order valence-corrected chi connectivity index (χ2v) is 5.73. The Labute approximate surface area is 148 Å². The Hall–Kier alpha value is -3.80. The predicted molar refractivity (Wildman–Crippen MR) is 97.3 cm³/mol. The summed E-state index contributed by atoms with van der Waals surface area (Å²) < 4.78 is 0. The van der Waals surface area contributed by atoms with E-state index in [1.54, 1.807) is 36.4 Å². The van der Waals surface area contributed by atoms with Gasteiger partial charge in [-0.1, -0.05) is 24.3 Å². The molecule has 6 nitrogen and oxygen atoms in total. The fourth-order valence-corrected chi connectivity index (χ4v) is 2.70. The van der Waals surface area contributed by atoms with Crippen LogP contribution in [0.2, 0.25) is 0 Å². The van der Waals surface area contributed by atoms with Crippen molar-refractivity contribution in [1.82, 2.24) is 0 Å². The molecule has 130 valence electrons. The Kier molecular flexibility index (Phi) is 4.33. The molecule has 0 fully saturated rings. The molecular formula is C20H15NO5. The van der Waals surface area contributed by atoms with Crippen molar-refractivity contribution in [2.75, 3.05) is 5.73 Å². The van der Waals surface area contributed by atoms with E-state index in [2.05, 4.69) is 0 Å². The van der Waals surface area contributed by atoms with Crippen molar-refractivity contribution < 1.29 is 24.9 Å². The molecule has 3 aromatic rings. The standard InChI is InChI=1S/C20H15NO5/c21-17-10-15(11-3-1-5-13(7-11)19(23)24)9-16(18(17)22)12-4-2-6-14(8-12)20(25)26/h1-10,22H,21H2,(H,23,24)(H,25,26). The number of nitrogen functional groups attached to an aromatic ring is 1. The van der Waals surface area contributed by atoms with Crippen molar-refractivity contribution in [1.29, 1.82) is 0 Å². The van der Waals surface area contributed by atoms with Gasteiger partial charge in [0.1, 0.15) is 5.75 Å². The van der Waals surface area contributed by atoms with Gasteiger partial charge in [0.2, 0.25) is 0 Å². The van der Waals surface area contributed by atoms with E-state index in [0.29, 0.717) is 22.3 Å². The van der Waals surface area contributed by atoms with Gasteiger partial charge in [-0.3, -0.25) is 0 Å². The van der Waals surface area contributed by atoms with Crippen LogP contribution in [0.15, 0.2) is 60.7 Å². The van der Waals surface area contributed by atoms with Crippen LogP contribution >= 0.6 is 0 Å². The van der Waals surface area contributed by atoms with Crippen molar-refractivity contribution in [3.05, 3.63) is 71.8 Å². The van der Waals surface area contributed by atoms with Crippen molar-refractivity contribution >= 4 is 17.6 Å². The topological polar surface area (TPSA) is 121 Å². The van der Waals surface area contributed by atoms with E-state index in [4.69, 9.17) is 15.9 Å². The van der Waals surface area contributed by atoms with Gasteiger partial charge in [0.05, 0.1) is 16.8 Å². The lowest BCUT2D eigenvalue weighted by atomic mass is 9.95. The van der Waals surface area contributed by atoms with Crippen molar-refractivity contribution in [3.63, 3.8) is 0 Å². The van der Waals surface area contributed by atoms with Gasteiger partial charge in [-0.05, 0) is 53.1 Å². The first-order valence-corrected chi connectivity index (χ1v) is 7.67. The van der Waals surface area contributed by atoms with Crippen LogP contribution in [0.3, 0.4) is 0 Å². The zero-order valence-electron chi connectivity index (χ0n) is 13.5. The maximum absolute atomic E-state index is 11.2. The van der Waals surface area contributed by atoms with Crippen molar-refractivity contribution in [2.24, 2.45) is 0 Å². The van der Waals surface area contributed by atoms with Crippen LogP contribution in [0, 0.1) is 0 Å². The number of carboxylic acid groups (broad SMARTS) is 2. The molecule has 0 unspecified atom stereocenters. The Morgan fingerprint density at radius 1 is 0.731 bits per heavy atom. The molecule has 3 aromatic carbocycles. The third kappa shape index (κ3) is 3.21. The number of hydrogen-bond donors (Lipinski definition) is 4. The van der Waals surface area contributed by atoms with E-state index in [0.717, 1.165) is 0 Å². The summed E-state index contributed by atoms with van der Waals surface area (Å²) >= 11 is 0. The Balaban J connectivity index is 2.17. The highest BCUT2D eigenvalue weighted by Gasteiger charge is 2.14. The minimum atomic E-state index is -1.08. The van der Waals surface area contributed by atoms with Crippen molar-refractivity contribution in [2.45, 2.75) is 0 Å². The molecule has 0 atom stereocenters. The lowest BCUT2D eigenvalue weighted by Crippen LogP contribution is -1.97. The fraction of sp³-hybridized carbons (Fsp3) is 0. The molecular weight excluding hydrogens is 334 g/mol. The maximum atomic E-state index is 11.2. The molecule has 0 aliphatic rings. The molecule has 0 heterocycles. The Morgan fingerprint density at radius 3 is 1.85 bits per heavy atom. The number of anilines is 1. The van der Waals surface area contributed by atoms with Gasteiger partial charge in [-0.25, -0.2) is 9.59 Å². The molecule has 0 aromatic heterocycles. The molecule has 0 aliphatic heterocycles. The lowest BCUT2D eigenvalue weighted by molar-refractivity contribution is 0.0686. The van der Waals surface area contributed by atoms with Gasteiger partial charge in [0.15, 0.2) is 0 Å². The maximum Gasteiger partial charge on any atom is 0.335 e. The van der Waals surface area contributed by atoms with Crippen LogP contribution in [0.1, 0.15) is 20.7 Å². The third-order valence-corrected chi connectivity index (χ3v) is 4.00. The summed E-state index contributed by atoms with van der Waals surface area (Å²) in [7, 11) is 0. The van der Waals surface area contributed by atoms with Gasteiger partial charge in [0.25, 0.3) is 0 Å². The van der Waals surface area contributed by atoms with Crippen LogP contribution in [0.25, 0.3) is 22.3 Å². The summed E-state index contributed by atoms with van der Waals surface area (Å²) in [4.78, 5) is 22.4. The number of benzene rings is 3. The van der Waals surface area contributed by atoms with E-state index >= 15 is 0 Å². The third-order valence-electron chi connectivity index (χ3n) is 4.00. The molecule has 0 aliphatic carbocycles. The highest BCUT2D eigenvalue weighted by Crippen LogP contribution is 2.38. The van der Waals surface area contributed by atoms with E-state index in [1.165, 1.54) is 24.3 Å². The molecule has 0 saturated heterocycles. The smallest absolute Gasteiger partial charge is 0.335 e. The Bertz CT molecular complexity index is 1030. The van der Waals surface area contributed by atoms with E-state index in [-0.39, 0.29) is 22.6 Å². The first kappa shape index (κ1) is 17.0. The number of aromatic hydroxyl groups is 1. The molecule has 5 N–H and O–H groups in total. The fourth-order valence-electron chi connectivity index (χ4n) is 2.70. The first-order valence-electron chi connectivity index (χ1n) is 7.67. The number of rotatable bonds is 4. The van der Waals surface area contributed by atoms with Gasteiger partial charge in [0, 0.05) is 5.56 Å². The quantitative estimate of drug-likeness (QED) is 0.421. The molecule has 0 bridgehead atoms. The zero-order chi connectivity index (χ0) is 18.8. The average Bonchev–Trinajstić information content (AvgIpc) is 2.64. The minimum absolute atomic E-state index is 0.0822. The van der Waals surface area contributed by atoms with Gasteiger partial charge in [-0.2, -0.15) is 0 Å². The molecule has 0 radical (unpaired) electrons. The Morgan fingerprint density at radius 2 is 1.27 bits per heavy atom. The lowest BCUT2D eigenvalue weighted by Gasteiger charge is -2.12. The summed E-state index contributed by atoms with van der Waals surface area (Å²) in [6.45, 7) is 0. The largest absolute Gasteiger partial charge is 0.505 e. The predicted octanol–water partition coefficient (Wildman–Crippen LogP) is 3.70. The van der Waals surface area contributed by atoms with Crippen LogP contribution in [0.5, 0.6) is 5.75 Å². The molecule has 6 heteroatoms.